The first-order valence-corrected chi connectivity index (χ1v) is 5.44. The molecule has 0 atom stereocenters. The van der Waals surface area contributed by atoms with E-state index in [1.54, 1.807) is 0 Å². The SMILES string of the molecule is ClCCC#Cc1ccc(Cl)cc1Br. The highest BCUT2D eigenvalue weighted by molar-refractivity contribution is 9.10. The van der Waals surface area contributed by atoms with Crippen molar-refractivity contribution in [3.8, 4) is 11.8 Å². The third-order valence-electron chi connectivity index (χ3n) is 1.37. The van der Waals surface area contributed by atoms with Gasteiger partial charge in [-0.1, -0.05) is 23.4 Å². The molecule has 0 saturated heterocycles. The van der Waals surface area contributed by atoms with E-state index in [4.69, 9.17) is 23.2 Å². The Kier molecular flexibility index (Phi) is 4.66. The highest BCUT2D eigenvalue weighted by atomic mass is 79.9. The molecule has 0 fully saturated rings. The molecule has 0 saturated carbocycles. The van der Waals surface area contributed by atoms with Crippen LogP contribution in [0.25, 0.3) is 0 Å². The van der Waals surface area contributed by atoms with Crippen molar-refractivity contribution in [3.63, 3.8) is 0 Å². The van der Waals surface area contributed by atoms with Gasteiger partial charge in [0, 0.05) is 27.4 Å². The van der Waals surface area contributed by atoms with E-state index in [1.807, 2.05) is 18.2 Å². The first-order chi connectivity index (χ1) is 6.24. The highest BCUT2D eigenvalue weighted by Gasteiger charge is 1.95. The molecule has 0 amide bonds. The number of halogens is 3. The molecule has 0 unspecified atom stereocenters. The van der Waals surface area contributed by atoms with Gasteiger partial charge in [0.2, 0.25) is 0 Å². The molecule has 0 aromatic heterocycles. The second-order valence-electron chi connectivity index (χ2n) is 2.36. The molecule has 0 aliphatic rings. The maximum absolute atomic E-state index is 5.78. The zero-order valence-corrected chi connectivity index (χ0v) is 9.88. The van der Waals surface area contributed by atoms with E-state index < -0.39 is 0 Å². The van der Waals surface area contributed by atoms with E-state index in [2.05, 4.69) is 27.8 Å². The number of alkyl halides is 1. The Hall–Kier alpha value is -0.160. The van der Waals surface area contributed by atoms with Gasteiger partial charge in [-0.05, 0) is 34.1 Å². The van der Waals surface area contributed by atoms with E-state index in [9.17, 15) is 0 Å². The van der Waals surface area contributed by atoms with Crippen molar-refractivity contribution in [1.82, 2.24) is 0 Å². The van der Waals surface area contributed by atoms with Crippen LogP contribution in [0.15, 0.2) is 22.7 Å². The Morgan fingerprint density at radius 2 is 2.15 bits per heavy atom. The fourth-order valence-electron chi connectivity index (χ4n) is 0.796. The molecule has 0 nitrogen and oxygen atoms in total. The molecule has 0 heterocycles. The molecule has 1 aromatic carbocycles. The predicted molar refractivity (Wildman–Crippen MR) is 61.4 cm³/mol. The maximum atomic E-state index is 5.78. The number of hydrogen-bond donors (Lipinski definition) is 0. The van der Waals surface area contributed by atoms with Gasteiger partial charge >= 0.3 is 0 Å². The van der Waals surface area contributed by atoms with Crippen molar-refractivity contribution in [2.24, 2.45) is 0 Å². The van der Waals surface area contributed by atoms with E-state index in [0.29, 0.717) is 17.3 Å². The van der Waals surface area contributed by atoms with Crippen LogP contribution in [0.4, 0.5) is 0 Å². The van der Waals surface area contributed by atoms with Crippen molar-refractivity contribution in [1.29, 1.82) is 0 Å². The molecule has 1 rings (SSSR count). The molecule has 0 radical (unpaired) electrons. The van der Waals surface area contributed by atoms with Gasteiger partial charge in [0.15, 0.2) is 0 Å². The van der Waals surface area contributed by atoms with Crippen LogP contribution < -0.4 is 0 Å². The number of benzene rings is 1. The largest absolute Gasteiger partial charge is 0.126 e. The lowest BCUT2D eigenvalue weighted by Crippen LogP contribution is -1.77. The minimum atomic E-state index is 0.568. The average Bonchev–Trinajstić information content (AvgIpc) is 2.09. The topological polar surface area (TPSA) is 0 Å². The molecule has 0 aliphatic carbocycles. The summed E-state index contributed by atoms with van der Waals surface area (Å²) >= 11 is 14.7. The minimum absolute atomic E-state index is 0.568. The monoisotopic (exact) mass is 276 g/mol. The molecular formula is C10H7BrCl2. The third-order valence-corrected chi connectivity index (χ3v) is 2.45. The van der Waals surface area contributed by atoms with Crippen LogP contribution in [0, 0.1) is 11.8 Å². The summed E-state index contributed by atoms with van der Waals surface area (Å²) in [5.41, 5.74) is 0.939. The third kappa shape index (κ3) is 3.60. The smallest absolute Gasteiger partial charge is 0.0418 e. The fraction of sp³-hybridized carbons (Fsp3) is 0.200. The van der Waals surface area contributed by atoms with E-state index in [0.717, 1.165) is 10.0 Å². The molecular weight excluding hydrogens is 271 g/mol. The van der Waals surface area contributed by atoms with Crippen LogP contribution in [0.5, 0.6) is 0 Å². The summed E-state index contributed by atoms with van der Waals surface area (Å²) in [6.07, 6.45) is 0.705. The van der Waals surface area contributed by atoms with E-state index >= 15 is 0 Å². The normalized spacial score (nSPS) is 9.15. The van der Waals surface area contributed by atoms with Crippen LogP contribution in [0.3, 0.4) is 0 Å². The zero-order chi connectivity index (χ0) is 9.68. The summed E-state index contributed by atoms with van der Waals surface area (Å²) in [6.45, 7) is 0. The molecule has 0 bridgehead atoms. The van der Waals surface area contributed by atoms with Crippen molar-refractivity contribution >= 4 is 39.1 Å². The Morgan fingerprint density at radius 1 is 1.38 bits per heavy atom. The Labute approximate surface area is 96.4 Å². The summed E-state index contributed by atoms with van der Waals surface area (Å²) in [5.74, 6) is 6.53. The Morgan fingerprint density at radius 3 is 2.77 bits per heavy atom. The van der Waals surface area contributed by atoms with Gasteiger partial charge < -0.3 is 0 Å². The van der Waals surface area contributed by atoms with Crippen molar-refractivity contribution in [2.45, 2.75) is 6.42 Å². The lowest BCUT2D eigenvalue weighted by molar-refractivity contribution is 1.29. The quantitative estimate of drug-likeness (QED) is 0.536. The second kappa shape index (κ2) is 5.54. The fourth-order valence-corrected chi connectivity index (χ4v) is 1.67. The molecule has 13 heavy (non-hydrogen) atoms. The summed E-state index contributed by atoms with van der Waals surface area (Å²) in [7, 11) is 0. The summed E-state index contributed by atoms with van der Waals surface area (Å²) in [6, 6.07) is 5.52. The van der Waals surface area contributed by atoms with Gasteiger partial charge in [0.1, 0.15) is 0 Å². The van der Waals surface area contributed by atoms with Crippen molar-refractivity contribution in [3.05, 3.63) is 33.3 Å². The van der Waals surface area contributed by atoms with Crippen LogP contribution in [-0.2, 0) is 0 Å². The summed E-state index contributed by atoms with van der Waals surface area (Å²) in [5, 5.41) is 0.703. The highest BCUT2D eigenvalue weighted by Crippen LogP contribution is 2.20. The van der Waals surface area contributed by atoms with Gasteiger partial charge in [-0.2, -0.15) is 0 Å². The minimum Gasteiger partial charge on any atom is -0.126 e. The van der Waals surface area contributed by atoms with Gasteiger partial charge in [-0.15, -0.1) is 11.6 Å². The average molecular weight is 278 g/mol. The Bertz CT molecular complexity index is 350. The molecule has 0 N–H and O–H groups in total. The van der Waals surface area contributed by atoms with Gasteiger partial charge in [-0.25, -0.2) is 0 Å². The van der Waals surface area contributed by atoms with Gasteiger partial charge in [-0.3, -0.25) is 0 Å². The second-order valence-corrected chi connectivity index (χ2v) is 4.03. The summed E-state index contributed by atoms with van der Waals surface area (Å²) < 4.78 is 0.919. The lowest BCUT2D eigenvalue weighted by atomic mass is 10.2. The van der Waals surface area contributed by atoms with E-state index in [-0.39, 0.29) is 0 Å². The zero-order valence-electron chi connectivity index (χ0n) is 6.78. The summed E-state index contributed by atoms with van der Waals surface area (Å²) in [4.78, 5) is 0. The van der Waals surface area contributed by atoms with Crippen LogP contribution in [-0.4, -0.2) is 5.88 Å². The maximum Gasteiger partial charge on any atom is 0.0418 e. The van der Waals surface area contributed by atoms with Crippen molar-refractivity contribution < 1.29 is 0 Å². The molecule has 0 aliphatic heterocycles. The van der Waals surface area contributed by atoms with Gasteiger partial charge in [0.05, 0.1) is 0 Å². The van der Waals surface area contributed by atoms with E-state index in [1.165, 1.54) is 0 Å². The Balaban J connectivity index is 2.85. The standard InChI is InChI=1S/C10H7BrCl2/c11-10-7-9(13)5-4-8(10)3-1-2-6-12/h4-5,7H,2,6H2. The van der Waals surface area contributed by atoms with Gasteiger partial charge in [0.25, 0.3) is 0 Å². The molecule has 0 spiro atoms. The molecule has 68 valence electrons. The molecule has 1 aromatic rings. The predicted octanol–water partition coefficient (Wildman–Crippen LogP) is 4.08. The van der Waals surface area contributed by atoms with Crippen LogP contribution >= 0.6 is 39.1 Å². The number of rotatable bonds is 1. The first kappa shape index (κ1) is 10.9. The van der Waals surface area contributed by atoms with Crippen molar-refractivity contribution in [2.75, 3.05) is 5.88 Å². The molecule has 3 heteroatoms. The first-order valence-electron chi connectivity index (χ1n) is 3.74. The lowest BCUT2D eigenvalue weighted by Gasteiger charge is -1.95. The van der Waals surface area contributed by atoms with Crippen LogP contribution in [0.2, 0.25) is 5.02 Å². The number of hydrogen-bond acceptors (Lipinski definition) is 0. The van der Waals surface area contributed by atoms with Crippen LogP contribution in [0.1, 0.15) is 12.0 Å².